The number of hydrogen-bond acceptors (Lipinski definition) is 4. The molecule has 1 amide bonds. The van der Waals surface area contributed by atoms with E-state index >= 15 is 0 Å². The number of nitrogens with one attached hydrogen (secondary N) is 1. The van der Waals surface area contributed by atoms with Crippen molar-refractivity contribution in [3.8, 4) is 0 Å². The van der Waals surface area contributed by atoms with Gasteiger partial charge in [0.05, 0.1) is 11.8 Å². The van der Waals surface area contributed by atoms with Crippen LogP contribution in [-0.2, 0) is 20.5 Å². The van der Waals surface area contributed by atoms with E-state index in [1.54, 1.807) is 14.1 Å². The fourth-order valence-electron chi connectivity index (χ4n) is 3.47. The maximum absolute atomic E-state index is 13.8. The predicted molar refractivity (Wildman–Crippen MR) is 89.6 cm³/mol. The largest absolute Gasteiger partial charge is 0.349 e. The van der Waals surface area contributed by atoms with Crippen LogP contribution in [-0.4, -0.2) is 31.3 Å². The highest BCUT2D eigenvalue weighted by Crippen LogP contribution is 2.27. The summed E-state index contributed by atoms with van der Waals surface area (Å²) in [6.45, 7) is 0. The third-order valence-corrected chi connectivity index (χ3v) is 4.90. The van der Waals surface area contributed by atoms with Gasteiger partial charge >= 0.3 is 5.69 Å². The molecule has 2 aromatic rings. The van der Waals surface area contributed by atoms with E-state index in [4.69, 9.17) is 0 Å². The second kappa shape index (κ2) is 7.16. The molecular weight excluding hydrogens is 325 g/mol. The third kappa shape index (κ3) is 3.62. The van der Waals surface area contributed by atoms with Crippen LogP contribution in [0.2, 0.25) is 0 Å². The van der Waals surface area contributed by atoms with E-state index < -0.39 is 11.7 Å². The van der Waals surface area contributed by atoms with E-state index in [1.807, 2.05) is 0 Å². The zero-order chi connectivity index (χ0) is 18.0. The van der Waals surface area contributed by atoms with Crippen LogP contribution in [0.5, 0.6) is 0 Å². The Labute approximate surface area is 144 Å². The number of aromatic nitrogens is 4. The predicted octanol–water partition coefficient (Wildman–Crippen LogP) is 1.18. The summed E-state index contributed by atoms with van der Waals surface area (Å²) in [6.07, 6.45) is 6.91. The average molecular weight is 347 g/mol. The van der Waals surface area contributed by atoms with Gasteiger partial charge in [-0.25, -0.2) is 13.9 Å². The van der Waals surface area contributed by atoms with Crippen molar-refractivity contribution in [2.45, 2.75) is 38.1 Å². The summed E-state index contributed by atoms with van der Waals surface area (Å²) in [5.74, 6) is -0.178. The molecule has 1 aliphatic carbocycles. The molecule has 25 heavy (non-hydrogen) atoms. The highest BCUT2D eigenvalue weighted by atomic mass is 19.1. The van der Waals surface area contributed by atoms with Gasteiger partial charge in [0, 0.05) is 32.8 Å². The molecule has 1 N–H and O–H groups in total. The van der Waals surface area contributed by atoms with Crippen molar-refractivity contribution in [3.05, 3.63) is 46.1 Å². The molecule has 0 unspecified atom stereocenters. The highest BCUT2D eigenvalue weighted by Gasteiger charge is 2.29. The lowest BCUT2D eigenvalue weighted by atomic mass is 9.82. The fourth-order valence-corrected chi connectivity index (χ4v) is 3.47. The van der Waals surface area contributed by atoms with Crippen LogP contribution >= 0.6 is 0 Å². The Morgan fingerprint density at radius 3 is 2.80 bits per heavy atom. The zero-order valence-corrected chi connectivity index (χ0v) is 14.4. The molecule has 3 rings (SSSR count). The Morgan fingerprint density at radius 2 is 2.12 bits per heavy atom. The van der Waals surface area contributed by atoms with Crippen molar-refractivity contribution in [2.75, 3.05) is 0 Å². The molecule has 8 heteroatoms. The van der Waals surface area contributed by atoms with Crippen molar-refractivity contribution in [1.29, 1.82) is 0 Å². The first kappa shape index (κ1) is 17.3. The number of aryl methyl sites for hydroxylation is 1. The second-order valence-corrected chi connectivity index (χ2v) is 6.57. The quantitative estimate of drug-likeness (QED) is 0.901. The monoisotopic (exact) mass is 347 g/mol. The van der Waals surface area contributed by atoms with Gasteiger partial charge < -0.3 is 5.32 Å². The topological polar surface area (TPSA) is 81.8 Å². The minimum Gasteiger partial charge on any atom is -0.349 e. The molecule has 0 radical (unpaired) electrons. The van der Waals surface area contributed by atoms with Gasteiger partial charge in [-0.1, -0.05) is 12.8 Å². The van der Waals surface area contributed by atoms with Crippen molar-refractivity contribution in [3.63, 3.8) is 0 Å². The maximum atomic E-state index is 13.8. The van der Waals surface area contributed by atoms with Gasteiger partial charge in [0.15, 0.2) is 5.82 Å². The molecule has 7 nitrogen and oxygen atoms in total. The smallest absolute Gasteiger partial charge is 0.345 e. The number of carbonyl (C=O) groups is 1. The summed E-state index contributed by atoms with van der Waals surface area (Å²) in [7, 11) is 3.33. The van der Waals surface area contributed by atoms with E-state index in [0.717, 1.165) is 31.9 Å². The molecule has 0 saturated heterocycles. The number of halogens is 1. The summed E-state index contributed by atoms with van der Waals surface area (Å²) >= 11 is 0. The third-order valence-electron chi connectivity index (χ3n) is 4.90. The van der Waals surface area contributed by atoms with Crippen LogP contribution in [0.25, 0.3) is 0 Å². The molecular formula is C17H22FN5O2. The number of hydrogen-bond donors (Lipinski definition) is 1. The number of amides is 1. The van der Waals surface area contributed by atoms with Crippen LogP contribution in [0.1, 0.15) is 41.9 Å². The molecule has 2 atom stereocenters. The molecule has 0 bridgehead atoms. The van der Waals surface area contributed by atoms with Crippen molar-refractivity contribution < 1.29 is 9.18 Å². The van der Waals surface area contributed by atoms with Crippen LogP contribution in [0.4, 0.5) is 4.39 Å². The van der Waals surface area contributed by atoms with Crippen molar-refractivity contribution in [1.82, 2.24) is 24.6 Å². The maximum Gasteiger partial charge on any atom is 0.345 e. The minimum atomic E-state index is -0.625. The first-order valence-electron chi connectivity index (χ1n) is 8.46. The molecule has 1 fully saturated rings. The van der Waals surface area contributed by atoms with Gasteiger partial charge in [-0.2, -0.15) is 5.10 Å². The normalized spacial score (nSPS) is 20.4. The van der Waals surface area contributed by atoms with Crippen molar-refractivity contribution in [2.24, 2.45) is 20.0 Å². The summed E-state index contributed by atoms with van der Waals surface area (Å²) in [5, 5.41) is 7.23. The molecule has 134 valence electrons. The Morgan fingerprint density at radius 1 is 1.36 bits per heavy atom. The number of pyridine rings is 1. The van der Waals surface area contributed by atoms with E-state index in [0.29, 0.717) is 12.2 Å². The summed E-state index contributed by atoms with van der Waals surface area (Å²) in [5.41, 5.74) is -0.158. The van der Waals surface area contributed by atoms with Gasteiger partial charge in [-0.05, 0) is 24.8 Å². The molecule has 1 saturated carbocycles. The lowest BCUT2D eigenvalue weighted by Crippen LogP contribution is -2.43. The summed E-state index contributed by atoms with van der Waals surface area (Å²) < 4.78 is 16.6. The van der Waals surface area contributed by atoms with E-state index in [9.17, 15) is 14.0 Å². The van der Waals surface area contributed by atoms with Gasteiger partial charge in [0.25, 0.3) is 5.91 Å². The van der Waals surface area contributed by atoms with Gasteiger partial charge in [0.1, 0.15) is 5.82 Å². The van der Waals surface area contributed by atoms with E-state index in [1.165, 1.54) is 21.5 Å². The number of nitrogens with zero attached hydrogens (tertiary/aromatic N) is 4. The number of rotatable bonds is 4. The molecule has 0 aromatic carbocycles. The highest BCUT2D eigenvalue weighted by molar-refractivity contribution is 5.94. The fraction of sp³-hybridized carbons (Fsp3) is 0.529. The van der Waals surface area contributed by atoms with Gasteiger partial charge in [-0.15, -0.1) is 0 Å². The summed E-state index contributed by atoms with van der Waals surface area (Å²) in [6, 6.07) is 1.32. The van der Waals surface area contributed by atoms with Crippen LogP contribution in [0, 0.1) is 11.7 Å². The zero-order valence-electron chi connectivity index (χ0n) is 14.4. The second-order valence-electron chi connectivity index (χ2n) is 6.57. The Balaban J connectivity index is 1.75. The lowest BCUT2D eigenvalue weighted by Gasteiger charge is -2.32. The van der Waals surface area contributed by atoms with Crippen LogP contribution in [0.3, 0.4) is 0 Å². The van der Waals surface area contributed by atoms with Gasteiger partial charge in [-0.3, -0.25) is 14.3 Å². The van der Waals surface area contributed by atoms with E-state index in [2.05, 4.69) is 15.4 Å². The number of carbonyl (C=O) groups excluding carboxylic acids is 1. The standard InChI is InChI=1S/C17H22FN5O2/c1-22-15(21-23(2)17(22)25)9-11-5-3-4-6-14(11)20-16(24)12-7-8-19-10-13(12)18/h7-8,10-11,14H,3-6,9H2,1-2H3,(H,20,24)/t11-,14-/m1/s1. The SMILES string of the molecule is Cn1nc(C[C@H]2CCCC[C@H]2NC(=O)c2ccncc2F)n(C)c1=O. The van der Waals surface area contributed by atoms with Crippen LogP contribution < -0.4 is 11.0 Å². The lowest BCUT2D eigenvalue weighted by molar-refractivity contribution is 0.0900. The summed E-state index contributed by atoms with van der Waals surface area (Å²) in [4.78, 5) is 27.9. The molecule has 2 heterocycles. The molecule has 0 spiro atoms. The first-order chi connectivity index (χ1) is 12.0. The Bertz CT molecular complexity index is 829. The van der Waals surface area contributed by atoms with Gasteiger partial charge in [0.2, 0.25) is 0 Å². The minimum absolute atomic E-state index is 0.00422. The molecule has 1 aliphatic rings. The van der Waals surface area contributed by atoms with E-state index in [-0.39, 0.29) is 23.2 Å². The molecule has 0 aliphatic heterocycles. The van der Waals surface area contributed by atoms with Crippen molar-refractivity contribution >= 4 is 5.91 Å². The molecule has 2 aromatic heterocycles. The first-order valence-corrected chi connectivity index (χ1v) is 8.46. The Hall–Kier alpha value is -2.51. The average Bonchev–Trinajstić information content (AvgIpc) is 2.84. The Kier molecular flexibility index (Phi) is 4.96. The van der Waals surface area contributed by atoms with Crippen LogP contribution in [0.15, 0.2) is 23.3 Å².